The Labute approximate surface area is 261 Å². The Morgan fingerprint density at radius 3 is 2.23 bits per heavy atom. The quantitative estimate of drug-likeness (QED) is 0.140. The van der Waals surface area contributed by atoms with Crippen molar-refractivity contribution in [2.75, 3.05) is 26.2 Å². The fourth-order valence-corrected chi connectivity index (χ4v) is 6.82. The molecule has 5 nitrogen and oxygen atoms in total. The predicted octanol–water partition coefficient (Wildman–Crippen LogP) is 9.12. The van der Waals surface area contributed by atoms with Crippen molar-refractivity contribution >= 4 is 27.2 Å². The summed E-state index contributed by atoms with van der Waals surface area (Å²) < 4.78 is 33.5. The van der Waals surface area contributed by atoms with Crippen LogP contribution in [0.5, 0.6) is 23.0 Å². The van der Waals surface area contributed by atoms with E-state index in [1.807, 2.05) is 72.8 Å². The maximum atomic E-state index is 14.1. The smallest absolute Gasteiger partial charge is 0.207 e. The number of nitrogens with zero attached hydrogens (tertiary/aromatic N) is 1. The number of hydrogen-bond acceptors (Lipinski definition) is 6. The second kappa shape index (κ2) is 13.6. The average Bonchev–Trinajstić information content (AvgIpc) is 3.38. The molecule has 7 heteroatoms. The Balaban J connectivity index is 1.26. The molecular formula is C37H36FNO4S. The van der Waals surface area contributed by atoms with E-state index in [1.165, 1.54) is 42.7 Å². The van der Waals surface area contributed by atoms with Gasteiger partial charge in [0.2, 0.25) is 5.78 Å². The van der Waals surface area contributed by atoms with E-state index in [4.69, 9.17) is 14.2 Å². The van der Waals surface area contributed by atoms with Crippen LogP contribution in [0.15, 0.2) is 84.9 Å². The normalized spacial score (nSPS) is 13.6. The summed E-state index contributed by atoms with van der Waals surface area (Å²) in [4.78, 5) is 16.9. The second-order valence-electron chi connectivity index (χ2n) is 11.3. The van der Waals surface area contributed by atoms with Gasteiger partial charge in [-0.15, -0.1) is 11.3 Å². The molecule has 0 atom stereocenters. The van der Waals surface area contributed by atoms with Gasteiger partial charge in [0.1, 0.15) is 41.2 Å². The Bertz CT molecular complexity index is 1720. The van der Waals surface area contributed by atoms with Crippen molar-refractivity contribution in [2.45, 2.75) is 39.7 Å². The number of likely N-dealkylation sites (tertiary alicyclic amines) is 1. The van der Waals surface area contributed by atoms with E-state index in [1.54, 1.807) is 13.8 Å². The third-order valence-electron chi connectivity index (χ3n) is 7.96. The number of carbonyl (C=O) groups is 1. The summed E-state index contributed by atoms with van der Waals surface area (Å²) in [7, 11) is 0. The molecule has 0 unspecified atom stereocenters. The van der Waals surface area contributed by atoms with E-state index in [0.29, 0.717) is 52.0 Å². The molecule has 4 aromatic carbocycles. The van der Waals surface area contributed by atoms with Crippen molar-refractivity contribution in [2.24, 2.45) is 0 Å². The van der Waals surface area contributed by atoms with Crippen LogP contribution in [0.2, 0.25) is 0 Å². The Morgan fingerprint density at radius 2 is 1.50 bits per heavy atom. The first-order chi connectivity index (χ1) is 21.4. The highest BCUT2D eigenvalue weighted by molar-refractivity contribution is 7.21. The van der Waals surface area contributed by atoms with Gasteiger partial charge in [-0.2, -0.15) is 0 Å². The second-order valence-corrected chi connectivity index (χ2v) is 12.3. The number of piperidine rings is 1. The lowest BCUT2D eigenvalue weighted by Crippen LogP contribution is -2.33. The molecule has 0 amide bonds. The van der Waals surface area contributed by atoms with Crippen LogP contribution in [-0.4, -0.2) is 36.9 Å². The monoisotopic (exact) mass is 609 g/mol. The molecule has 1 aliphatic rings. The lowest BCUT2D eigenvalue weighted by Gasteiger charge is -2.26. The third-order valence-corrected chi connectivity index (χ3v) is 9.10. The van der Waals surface area contributed by atoms with Crippen molar-refractivity contribution in [3.8, 4) is 23.0 Å². The molecule has 0 N–H and O–H groups in total. The van der Waals surface area contributed by atoms with Gasteiger partial charge in [0.25, 0.3) is 0 Å². The Morgan fingerprint density at radius 1 is 0.818 bits per heavy atom. The van der Waals surface area contributed by atoms with E-state index >= 15 is 0 Å². The number of hydrogen-bond donors (Lipinski definition) is 0. The maximum Gasteiger partial charge on any atom is 0.207 e. The first-order valence-electron chi connectivity index (χ1n) is 15.1. The maximum absolute atomic E-state index is 14.1. The van der Waals surface area contributed by atoms with Gasteiger partial charge in [0.05, 0.1) is 0 Å². The van der Waals surface area contributed by atoms with Crippen molar-refractivity contribution in [1.82, 2.24) is 4.90 Å². The highest BCUT2D eigenvalue weighted by Crippen LogP contribution is 2.43. The number of thiophene rings is 1. The predicted molar refractivity (Wildman–Crippen MR) is 174 cm³/mol. The number of ketones is 1. The summed E-state index contributed by atoms with van der Waals surface area (Å²) in [6, 6.07) is 26.0. The molecular weight excluding hydrogens is 573 g/mol. The molecule has 0 spiro atoms. The van der Waals surface area contributed by atoms with Crippen molar-refractivity contribution in [1.29, 1.82) is 0 Å². The third kappa shape index (κ3) is 6.95. The minimum Gasteiger partial charge on any atom is -0.492 e. The topological polar surface area (TPSA) is 48.0 Å². The number of aryl methyl sites for hydroxylation is 2. The molecule has 1 aromatic heterocycles. The molecule has 0 bridgehead atoms. The molecule has 1 fully saturated rings. The highest BCUT2D eigenvalue weighted by Gasteiger charge is 2.25. The zero-order valence-electron chi connectivity index (χ0n) is 25.1. The van der Waals surface area contributed by atoms with E-state index in [2.05, 4.69) is 4.90 Å². The van der Waals surface area contributed by atoms with Gasteiger partial charge < -0.3 is 14.2 Å². The van der Waals surface area contributed by atoms with Crippen molar-refractivity contribution in [3.63, 3.8) is 0 Å². The van der Waals surface area contributed by atoms with E-state index in [-0.39, 0.29) is 11.6 Å². The summed E-state index contributed by atoms with van der Waals surface area (Å²) in [6.45, 7) is 7.80. The molecule has 6 rings (SSSR count). The molecule has 1 saturated heterocycles. The molecule has 0 radical (unpaired) electrons. The average molecular weight is 610 g/mol. The van der Waals surface area contributed by atoms with Crippen molar-refractivity contribution in [3.05, 3.63) is 118 Å². The summed E-state index contributed by atoms with van der Waals surface area (Å²) in [5, 5.41) is 0.810. The number of halogens is 1. The summed E-state index contributed by atoms with van der Waals surface area (Å²) >= 11 is 1.35. The van der Waals surface area contributed by atoms with Gasteiger partial charge >= 0.3 is 0 Å². The van der Waals surface area contributed by atoms with Gasteiger partial charge in [-0.25, -0.2) is 4.39 Å². The zero-order valence-corrected chi connectivity index (χ0v) is 25.9. The number of fused-ring (bicyclic) bond motifs is 1. The highest BCUT2D eigenvalue weighted by atomic mass is 32.1. The van der Waals surface area contributed by atoms with E-state index < -0.39 is 0 Å². The fourth-order valence-electron chi connectivity index (χ4n) is 5.71. The molecule has 44 heavy (non-hydrogen) atoms. The minimum atomic E-state index is -0.359. The van der Waals surface area contributed by atoms with Crippen molar-refractivity contribution < 1.29 is 23.4 Å². The lowest BCUT2D eigenvalue weighted by molar-refractivity contribution is 0.103. The lowest BCUT2D eigenvalue weighted by atomic mass is 9.97. The fraction of sp³-hybridized carbons (Fsp3) is 0.270. The van der Waals surface area contributed by atoms with Crippen LogP contribution in [0.3, 0.4) is 0 Å². The first kappa shape index (κ1) is 29.9. The van der Waals surface area contributed by atoms with Gasteiger partial charge in [0.15, 0.2) is 5.75 Å². The molecule has 5 aromatic rings. The van der Waals surface area contributed by atoms with Crippen LogP contribution in [0, 0.1) is 19.7 Å². The minimum absolute atomic E-state index is 0.194. The molecule has 0 aliphatic carbocycles. The summed E-state index contributed by atoms with van der Waals surface area (Å²) in [5.74, 6) is 2.00. The van der Waals surface area contributed by atoms with E-state index in [0.717, 1.165) is 41.0 Å². The summed E-state index contributed by atoms with van der Waals surface area (Å²) in [6.07, 6.45) is 3.84. The van der Waals surface area contributed by atoms with Gasteiger partial charge in [-0.1, -0.05) is 36.8 Å². The zero-order chi connectivity index (χ0) is 30.5. The van der Waals surface area contributed by atoms with Gasteiger partial charge in [0, 0.05) is 22.2 Å². The van der Waals surface area contributed by atoms with E-state index in [9.17, 15) is 9.18 Å². The van der Waals surface area contributed by atoms with Crippen LogP contribution in [0.1, 0.15) is 51.2 Å². The van der Waals surface area contributed by atoms with Crippen LogP contribution >= 0.6 is 11.3 Å². The van der Waals surface area contributed by atoms with Crippen LogP contribution in [0.4, 0.5) is 4.39 Å². The first-order valence-corrected chi connectivity index (χ1v) is 15.9. The van der Waals surface area contributed by atoms with Gasteiger partial charge in [-0.05, 0) is 111 Å². The van der Waals surface area contributed by atoms with Crippen LogP contribution < -0.4 is 14.2 Å². The number of ether oxygens (including phenoxy) is 3. The Hall–Kier alpha value is -4.20. The molecule has 226 valence electrons. The number of benzene rings is 4. The molecule has 2 heterocycles. The Kier molecular flexibility index (Phi) is 9.24. The SMILES string of the molecule is Cc1cc(F)cc(C)c1C(=O)c1sc2cc(OCc3ccccc3)ccc2c1Oc1ccc(OCCN2CCCCC2)cc1. The standard InChI is InChI=1S/C37H36FNO4S/c1-25-21-28(38)22-26(2)34(25)35(40)37-36(32-16-15-31(23-33(32)44-37)42-24-27-9-5-3-6-10-27)43-30-13-11-29(12-14-30)41-20-19-39-17-7-4-8-18-39/h3,5-6,9-16,21-23H,4,7-8,17-20,24H2,1-2H3. The number of carbonyl (C=O) groups excluding carboxylic acids is 1. The van der Waals surface area contributed by atoms with Crippen LogP contribution in [0.25, 0.3) is 10.1 Å². The number of rotatable bonds is 11. The largest absolute Gasteiger partial charge is 0.492 e. The summed E-state index contributed by atoms with van der Waals surface area (Å²) in [5.41, 5.74) is 2.74. The molecule has 1 aliphatic heterocycles. The van der Waals surface area contributed by atoms with Crippen LogP contribution in [-0.2, 0) is 6.61 Å². The molecule has 0 saturated carbocycles. The van der Waals surface area contributed by atoms with Gasteiger partial charge in [-0.3, -0.25) is 9.69 Å².